The summed E-state index contributed by atoms with van der Waals surface area (Å²) >= 11 is 0. The van der Waals surface area contributed by atoms with E-state index in [1.54, 1.807) is 16.9 Å². The van der Waals surface area contributed by atoms with Crippen LogP contribution in [-0.4, -0.2) is 21.2 Å². The van der Waals surface area contributed by atoms with Gasteiger partial charge in [-0.25, -0.2) is 0 Å². The quantitative estimate of drug-likeness (QED) is 0.667. The summed E-state index contributed by atoms with van der Waals surface area (Å²) in [4.78, 5) is 10.3. The van der Waals surface area contributed by atoms with E-state index >= 15 is 0 Å². The van der Waals surface area contributed by atoms with Crippen molar-refractivity contribution in [2.24, 2.45) is 0 Å². The van der Waals surface area contributed by atoms with E-state index < -0.39 is 6.10 Å². The predicted molar refractivity (Wildman–Crippen MR) is 43.5 cm³/mol. The summed E-state index contributed by atoms with van der Waals surface area (Å²) in [5.41, 5.74) is 0.562. The molecule has 1 aromatic rings. The van der Waals surface area contributed by atoms with Gasteiger partial charge in [0, 0.05) is 12.7 Å². The summed E-state index contributed by atoms with van der Waals surface area (Å²) in [6.07, 6.45) is 1.97. The van der Waals surface area contributed by atoms with E-state index in [0.29, 0.717) is 12.0 Å². The average molecular weight is 168 g/mol. The molecule has 0 fully saturated rings. The van der Waals surface area contributed by atoms with E-state index in [1.807, 2.05) is 6.92 Å². The molecule has 4 heteroatoms. The van der Waals surface area contributed by atoms with Crippen LogP contribution in [0.1, 0.15) is 25.1 Å². The van der Waals surface area contributed by atoms with E-state index in [-0.39, 0.29) is 0 Å². The summed E-state index contributed by atoms with van der Waals surface area (Å²) in [6, 6.07) is 1.65. The SMILES string of the molecule is CCCn1nccc1C(O)C=O. The van der Waals surface area contributed by atoms with Gasteiger partial charge in [0.25, 0.3) is 0 Å². The lowest BCUT2D eigenvalue weighted by atomic mass is 10.3. The molecule has 0 saturated heterocycles. The lowest BCUT2D eigenvalue weighted by Crippen LogP contribution is -2.09. The summed E-state index contributed by atoms with van der Waals surface area (Å²) in [7, 11) is 0. The van der Waals surface area contributed by atoms with E-state index in [1.165, 1.54) is 0 Å². The van der Waals surface area contributed by atoms with Gasteiger partial charge in [-0.2, -0.15) is 5.10 Å². The van der Waals surface area contributed by atoms with Gasteiger partial charge in [0.05, 0.1) is 5.69 Å². The largest absolute Gasteiger partial charge is 0.379 e. The van der Waals surface area contributed by atoms with Crippen LogP contribution >= 0.6 is 0 Å². The molecule has 0 aliphatic carbocycles. The fraction of sp³-hybridized carbons (Fsp3) is 0.500. The minimum Gasteiger partial charge on any atom is -0.379 e. The first-order chi connectivity index (χ1) is 5.79. The Bertz CT molecular complexity index is 257. The van der Waals surface area contributed by atoms with Crippen molar-refractivity contribution in [1.82, 2.24) is 9.78 Å². The van der Waals surface area contributed by atoms with Gasteiger partial charge in [-0.3, -0.25) is 4.68 Å². The fourth-order valence-corrected chi connectivity index (χ4v) is 1.06. The zero-order valence-corrected chi connectivity index (χ0v) is 6.97. The van der Waals surface area contributed by atoms with E-state index in [9.17, 15) is 9.90 Å². The van der Waals surface area contributed by atoms with Crippen molar-refractivity contribution in [3.63, 3.8) is 0 Å². The highest BCUT2D eigenvalue weighted by atomic mass is 16.3. The molecule has 1 aromatic heterocycles. The normalized spacial score (nSPS) is 12.8. The second-order valence-electron chi connectivity index (χ2n) is 2.56. The third-order valence-electron chi connectivity index (χ3n) is 1.62. The van der Waals surface area contributed by atoms with Crippen LogP contribution in [0.5, 0.6) is 0 Å². The third-order valence-corrected chi connectivity index (χ3v) is 1.62. The zero-order chi connectivity index (χ0) is 8.97. The Morgan fingerprint density at radius 1 is 1.83 bits per heavy atom. The van der Waals surface area contributed by atoms with Gasteiger partial charge in [-0.15, -0.1) is 0 Å². The topological polar surface area (TPSA) is 55.1 Å². The van der Waals surface area contributed by atoms with Crippen LogP contribution in [0.2, 0.25) is 0 Å². The molecule has 1 atom stereocenters. The van der Waals surface area contributed by atoms with Crippen molar-refractivity contribution in [3.05, 3.63) is 18.0 Å². The van der Waals surface area contributed by atoms with Gasteiger partial charge in [0.15, 0.2) is 12.4 Å². The van der Waals surface area contributed by atoms with Crippen molar-refractivity contribution in [1.29, 1.82) is 0 Å². The predicted octanol–water partition coefficient (Wildman–Crippen LogP) is 0.525. The van der Waals surface area contributed by atoms with Crippen LogP contribution in [0.3, 0.4) is 0 Å². The number of rotatable bonds is 4. The van der Waals surface area contributed by atoms with Crippen LogP contribution in [0, 0.1) is 0 Å². The summed E-state index contributed by atoms with van der Waals surface area (Å²) in [5, 5.41) is 13.2. The number of aldehydes is 1. The Kier molecular flexibility index (Phi) is 2.99. The zero-order valence-electron chi connectivity index (χ0n) is 6.97. The molecule has 0 aliphatic rings. The Balaban J connectivity index is 2.82. The minimum atomic E-state index is -1.04. The van der Waals surface area contributed by atoms with E-state index in [2.05, 4.69) is 5.10 Å². The third kappa shape index (κ3) is 1.71. The molecule has 0 amide bonds. The summed E-state index contributed by atoms with van der Waals surface area (Å²) < 4.78 is 1.64. The number of hydrogen-bond acceptors (Lipinski definition) is 3. The lowest BCUT2D eigenvalue weighted by Gasteiger charge is -2.06. The molecule has 1 unspecified atom stereocenters. The highest BCUT2D eigenvalue weighted by Gasteiger charge is 2.10. The second kappa shape index (κ2) is 4.01. The average Bonchev–Trinajstić information content (AvgIpc) is 2.52. The van der Waals surface area contributed by atoms with Gasteiger partial charge < -0.3 is 9.90 Å². The monoisotopic (exact) mass is 168 g/mol. The number of aryl methyl sites for hydroxylation is 1. The molecule has 1 rings (SSSR count). The number of aromatic nitrogens is 2. The summed E-state index contributed by atoms with van der Waals surface area (Å²) in [6.45, 7) is 2.74. The second-order valence-corrected chi connectivity index (χ2v) is 2.56. The minimum absolute atomic E-state index is 0.503. The molecule has 0 aromatic carbocycles. The molecule has 1 N–H and O–H groups in total. The van der Waals surface area contributed by atoms with Crippen LogP contribution in [0.25, 0.3) is 0 Å². The van der Waals surface area contributed by atoms with Crippen molar-refractivity contribution in [3.8, 4) is 0 Å². The van der Waals surface area contributed by atoms with Crippen LogP contribution in [-0.2, 0) is 11.3 Å². The summed E-state index contributed by atoms with van der Waals surface area (Å²) in [5.74, 6) is 0. The molecule has 66 valence electrons. The van der Waals surface area contributed by atoms with Gasteiger partial charge in [0.2, 0.25) is 0 Å². The van der Waals surface area contributed by atoms with Crippen molar-refractivity contribution >= 4 is 6.29 Å². The molecule has 0 aliphatic heterocycles. The smallest absolute Gasteiger partial charge is 0.154 e. The maximum absolute atomic E-state index is 10.3. The van der Waals surface area contributed by atoms with Crippen LogP contribution in [0.15, 0.2) is 12.3 Å². The standard InChI is InChI=1S/C8H12N2O2/c1-2-5-10-7(3-4-9-10)8(12)6-11/h3-4,6,8,12H,2,5H2,1H3. The first-order valence-electron chi connectivity index (χ1n) is 3.94. The van der Waals surface area contributed by atoms with Crippen molar-refractivity contribution < 1.29 is 9.90 Å². The first kappa shape index (κ1) is 8.93. The Morgan fingerprint density at radius 3 is 3.17 bits per heavy atom. The molecular formula is C8H12N2O2. The van der Waals surface area contributed by atoms with E-state index in [0.717, 1.165) is 13.0 Å². The number of carbonyl (C=O) groups is 1. The van der Waals surface area contributed by atoms with Gasteiger partial charge in [0.1, 0.15) is 0 Å². The first-order valence-corrected chi connectivity index (χ1v) is 3.94. The molecule has 0 saturated carbocycles. The number of carbonyl (C=O) groups excluding carboxylic acids is 1. The highest BCUT2D eigenvalue weighted by Crippen LogP contribution is 2.09. The molecular weight excluding hydrogens is 156 g/mol. The maximum Gasteiger partial charge on any atom is 0.154 e. The van der Waals surface area contributed by atoms with E-state index in [4.69, 9.17) is 0 Å². The van der Waals surface area contributed by atoms with Crippen molar-refractivity contribution in [2.75, 3.05) is 0 Å². The van der Waals surface area contributed by atoms with Crippen LogP contribution in [0.4, 0.5) is 0 Å². The molecule has 0 bridgehead atoms. The maximum atomic E-state index is 10.3. The number of aliphatic hydroxyl groups excluding tert-OH is 1. The van der Waals surface area contributed by atoms with Gasteiger partial charge in [-0.05, 0) is 12.5 Å². The fourth-order valence-electron chi connectivity index (χ4n) is 1.06. The van der Waals surface area contributed by atoms with Crippen LogP contribution < -0.4 is 0 Å². The Hall–Kier alpha value is -1.16. The van der Waals surface area contributed by atoms with Gasteiger partial charge >= 0.3 is 0 Å². The highest BCUT2D eigenvalue weighted by molar-refractivity contribution is 5.58. The Morgan fingerprint density at radius 2 is 2.58 bits per heavy atom. The molecule has 0 spiro atoms. The Labute approximate surface area is 70.8 Å². The number of aliphatic hydroxyl groups is 1. The molecule has 0 radical (unpaired) electrons. The molecule has 4 nitrogen and oxygen atoms in total. The molecule has 12 heavy (non-hydrogen) atoms. The molecule has 1 heterocycles. The van der Waals surface area contributed by atoms with Gasteiger partial charge in [-0.1, -0.05) is 6.92 Å². The lowest BCUT2D eigenvalue weighted by molar-refractivity contribution is -0.115. The number of nitrogens with zero attached hydrogens (tertiary/aromatic N) is 2. The van der Waals surface area contributed by atoms with Crippen molar-refractivity contribution in [2.45, 2.75) is 26.0 Å². The number of hydrogen-bond donors (Lipinski definition) is 1.